The van der Waals surface area contributed by atoms with E-state index in [0.717, 1.165) is 4.90 Å². The van der Waals surface area contributed by atoms with Crippen LogP contribution in [0.1, 0.15) is 29.8 Å². The fourth-order valence-corrected chi connectivity index (χ4v) is 3.16. The molecule has 0 fully saturated rings. The molecule has 1 atom stereocenters. The zero-order chi connectivity index (χ0) is 18.4. The Morgan fingerprint density at radius 2 is 1.88 bits per heavy atom. The van der Waals surface area contributed by atoms with E-state index in [1.807, 2.05) is 38.1 Å². The van der Waals surface area contributed by atoms with Crippen molar-refractivity contribution in [2.45, 2.75) is 30.9 Å². The number of esters is 1. The highest BCUT2D eigenvalue weighted by Crippen LogP contribution is 2.27. The minimum Gasteiger partial charge on any atom is -0.462 e. The first kappa shape index (κ1) is 19.3. The van der Waals surface area contributed by atoms with E-state index in [0.29, 0.717) is 22.9 Å². The minimum absolute atomic E-state index is 0.156. The zero-order valence-electron chi connectivity index (χ0n) is 14.3. The zero-order valence-corrected chi connectivity index (χ0v) is 15.9. The number of carbonyl (C=O) groups excluding carboxylic acids is 2. The molecule has 1 amide bonds. The number of halogens is 1. The molecule has 0 aliphatic heterocycles. The number of anilines is 1. The Balaban J connectivity index is 2.01. The molecule has 1 N–H and O–H groups in total. The van der Waals surface area contributed by atoms with Crippen LogP contribution in [-0.2, 0) is 9.53 Å². The van der Waals surface area contributed by atoms with Crippen LogP contribution in [0, 0.1) is 6.92 Å². The molecule has 6 heteroatoms. The fourth-order valence-electron chi connectivity index (χ4n) is 2.07. The van der Waals surface area contributed by atoms with Gasteiger partial charge in [0.15, 0.2) is 0 Å². The molecule has 0 aliphatic carbocycles. The van der Waals surface area contributed by atoms with Crippen LogP contribution >= 0.6 is 23.4 Å². The summed E-state index contributed by atoms with van der Waals surface area (Å²) in [5.74, 6) is -0.595. The first-order valence-electron chi connectivity index (χ1n) is 7.91. The quantitative estimate of drug-likeness (QED) is 0.572. The summed E-state index contributed by atoms with van der Waals surface area (Å²) in [6.07, 6.45) is 0. The van der Waals surface area contributed by atoms with Crippen molar-refractivity contribution in [1.82, 2.24) is 0 Å². The van der Waals surface area contributed by atoms with Gasteiger partial charge >= 0.3 is 5.97 Å². The molecule has 0 aliphatic rings. The van der Waals surface area contributed by atoms with Gasteiger partial charge in [0.25, 0.3) is 0 Å². The summed E-state index contributed by atoms with van der Waals surface area (Å²) < 4.78 is 4.93. The maximum absolute atomic E-state index is 12.4. The van der Waals surface area contributed by atoms with Crippen LogP contribution in [0.2, 0.25) is 5.02 Å². The average molecular weight is 378 g/mol. The van der Waals surface area contributed by atoms with E-state index in [4.69, 9.17) is 16.3 Å². The third kappa shape index (κ3) is 5.51. The van der Waals surface area contributed by atoms with Gasteiger partial charge in [-0.05, 0) is 51.1 Å². The third-order valence-electron chi connectivity index (χ3n) is 3.44. The number of nitrogens with one attached hydrogen (secondary N) is 1. The second kappa shape index (κ2) is 8.92. The maximum atomic E-state index is 12.4. The first-order valence-corrected chi connectivity index (χ1v) is 9.17. The highest BCUT2D eigenvalue weighted by molar-refractivity contribution is 8.00. The monoisotopic (exact) mass is 377 g/mol. The van der Waals surface area contributed by atoms with E-state index >= 15 is 0 Å². The highest BCUT2D eigenvalue weighted by Gasteiger charge is 2.17. The molecule has 2 aromatic carbocycles. The standard InChI is InChI=1S/C19H20ClNO3S/c1-4-24-19(23)14-7-10-17(16(20)11-14)21-18(22)13(3)25-15-8-5-12(2)6-9-15/h5-11,13H,4H2,1-3H3,(H,21,22)/t13-/m0/s1. The second-order valence-corrected chi connectivity index (χ2v) is 7.30. The molecule has 0 spiro atoms. The van der Waals surface area contributed by atoms with Crippen LogP contribution in [-0.4, -0.2) is 23.7 Å². The van der Waals surface area contributed by atoms with Crippen LogP contribution in [0.3, 0.4) is 0 Å². The lowest BCUT2D eigenvalue weighted by atomic mass is 10.2. The Kier molecular flexibility index (Phi) is 6.91. The number of benzene rings is 2. The summed E-state index contributed by atoms with van der Waals surface area (Å²) in [4.78, 5) is 25.1. The molecular formula is C19H20ClNO3S. The Morgan fingerprint density at radius 1 is 1.20 bits per heavy atom. The van der Waals surface area contributed by atoms with Gasteiger partial charge in [-0.15, -0.1) is 11.8 Å². The Morgan fingerprint density at radius 3 is 2.48 bits per heavy atom. The van der Waals surface area contributed by atoms with Crippen LogP contribution in [0.5, 0.6) is 0 Å². The van der Waals surface area contributed by atoms with Crippen molar-refractivity contribution in [3.8, 4) is 0 Å². The molecule has 2 aromatic rings. The van der Waals surface area contributed by atoms with Crippen molar-refractivity contribution in [3.63, 3.8) is 0 Å². The summed E-state index contributed by atoms with van der Waals surface area (Å²) in [7, 11) is 0. The van der Waals surface area contributed by atoms with Gasteiger partial charge in [0.2, 0.25) is 5.91 Å². The predicted octanol–water partition coefficient (Wildman–Crippen LogP) is 4.94. The lowest BCUT2D eigenvalue weighted by Crippen LogP contribution is -2.22. The molecule has 0 unspecified atom stereocenters. The SMILES string of the molecule is CCOC(=O)c1ccc(NC(=O)[C@H](C)Sc2ccc(C)cc2)c(Cl)c1. The maximum Gasteiger partial charge on any atom is 0.338 e. The lowest BCUT2D eigenvalue weighted by Gasteiger charge is -2.13. The number of thioether (sulfide) groups is 1. The van der Waals surface area contributed by atoms with Crippen molar-refractivity contribution in [1.29, 1.82) is 0 Å². The number of hydrogen-bond donors (Lipinski definition) is 1. The van der Waals surface area contributed by atoms with E-state index < -0.39 is 5.97 Å². The van der Waals surface area contributed by atoms with Crippen molar-refractivity contribution in [2.75, 3.05) is 11.9 Å². The van der Waals surface area contributed by atoms with Gasteiger partial charge in [-0.25, -0.2) is 4.79 Å². The number of amides is 1. The summed E-state index contributed by atoms with van der Waals surface area (Å²) in [6.45, 7) is 5.89. The molecular weight excluding hydrogens is 358 g/mol. The number of rotatable bonds is 6. The number of carbonyl (C=O) groups is 2. The summed E-state index contributed by atoms with van der Waals surface area (Å²) in [6, 6.07) is 12.7. The third-order valence-corrected chi connectivity index (χ3v) is 4.87. The number of aryl methyl sites for hydroxylation is 1. The topological polar surface area (TPSA) is 55.4 Å². The Labute approximate surface area is 156 Å². The van der Waals surface area contributed by atoms with Gasteiger partial charge in [0.1, 0.15) is 0 Å². The molecule has 25 heavy (non-hydrogen) atoms. The Hall–Kier alpha value is -1.98. The number of hydrogen-bond acceptors (Lipinski definition) is 4. The van der Waals surface area contributed by atoms with E-state index in [1.54, 1.807) is 19.1 Å². The summed E-state index contributed by atoms with van der Waals surface area (Å²) >= 11 is 7.64. The van der Waals surface area contributed by atoms with Crippen molar-refractivity contribution in [3.05, 3.63) is 58.6 Å². The largest absolute Gasteiger partial charge is 0.462 e. The molecule has 0 bridgehead atoms. The van der Waals surface area contributed by atoms with Crippen molar-refractivity contribution in [2.24, 2.45) is 0 Å². The van der Waals surface area contributed by atoms with E-state index in [-0.39, 0.29) is 11.2 Å². The van der Waals surface area contributed by atoms with Crippen LogP contribution < -0.4 is 5.32 Å². The van der Waals surface area contributed by atoms with E-state index in [9.17, 15) is 9.59 Å². The summed E-state index contributed by atoms with van der Waals surface area (Å²) in [5, 5.41) is 2.81. The molecule has 0 saturated carbocycles. The van der Waals surface area contributed by atoms with E-state index in [2.05, 4.69) is 5.32 Å². The predicted molar refractivity (Wildman–Crippen MR) is 103 cm³/mol. The molecule has 2 rings (SSSR count). The molecule has 0 aromatic heterocycles. The van der Waals surface area contributed by atoms with Gasteiger partial charge < -0.3 is 10.1 Å². The molecule has 0 heterocycles. The van der Waals surface area contributed by atoms with Crippen molar-refractivity contribution >= 4 is 40.9 Å². The summed E-state index contributed by atoms with van der Waals surface area (Å²) in [5.41, 5.74) is 2.00. The lowest BCUT2D eigenvalue weighted by molar-refractivity contribution is -0.115. The number of ether oxygens (including phenoxy) is 1. The van der Waals surface area contributed by atoms with Crippen molar-refractivity contribution < 1.29 is 14.3 Å². The first-order chi connectivity index (χ1) is 11.9. The fraction of sp³-hybridized carbons (Fsp3) is 0.263. The smallest absolute Gasteiger partial charge is 0.338 e. The highest BCUT2D eigenvalue weighted by atomic mass is 35.5. The normalized spacial score (nSPS) is 11.7. The molecule has 0 saturated heterocycles. The van der Waals surface area contributed by atoms with Gasteiger partial charge in [0.05, 0.1) is 28.1 Å². The van der Waals surface area contributed by atoms with Gasteiger partial charge in [-0.3, -0.25) is 4.79 Å². The Bertz CT molecular complexity index is 762. The van der Waals surface area contributed by atoms with E-state index in [1.165, 1.54) is 23.4 Å². The molecule has 4 nitrogen and oxygen atoms in total. The van der Waals surface area contributed by atoms with Gasteiger partial charge in [-0.2, -0.15) is 0 Å². The minimum atomic E-state index is -0.439. The van der Waals surface area contributed by atoms with Gasteiger partial charge in [-0.1, -0.05) is 29.3 Å². The van der Waals surface area contributed by atoms with Crippen LogP contribution in [0.4, 0.5) is 5.69 Å². The van der Waals surface area contributed by atoms with Crippen LogP contribution in [0.15, 0.2) is 47.4 Å². The molecule has 132 valence electrons. The van der Waals surface area contributed by atoms with Gasteiger partial charge in [0, 0.05) is 4.90 Å². The average Bonchev–Trinajstić information content (AvgIpc) is 2.58. The molecule has 0 radical (unpaired) electrons. The second-order valence-electron chi connectivity index (χ2n) is 5.48. The van der Waals surface area contributed by atoms with Crippen LogP contribution in [0.25, 0.3) is 0 Å².